The lowest BCUT2D eigenvalue weighted by molar-refractivity contribution is -0.137. The van der Waals surface area contributed by atoms with Gasteiger partial charge in [0.2, 0.25) is 5.91 Å². The number of aliphatic hydroxyl groups is 1. The first kappa shape index (κ1) is 35.3. The van der Waals surface area contributed by atoms with Crippen LogP contribution >= 0.6 is 11.6 Å². The summed E-state index contributed by atoms with van der Waals surface area (Å²) in [4.78, 5) is 30.6. The Bertz CT molecular complexity index is 1560. The number of carbonyl (C=O) groups excluding carboxylic acids is 2. The summed E-state index contributed by atoms with van der Waals surface area (Å²) in [6.45, 7) is 12.1. The van der Waals surface area contributed by atoms with Crippen molar-refractivity contribution in [3.05, 3.63) is 64.7 Å². The van der Waals surface area contributed by atoms with E-state index in [1.807, 2.05) is 18.2 Å². The lowest BCUT2D eigenvalue weighted by atomic mass is 9.68. The van der Waals surface area contributed by atoms with Crippen molar-refractivity contribution in [1.82, 2.24) is 4.72 Å². The number of anilines is 1. The van der Waals surface area contributed by atoms with Crippen LogP contribution in [0.3, 0.4) is 0 Å². The van der Waals surface area contributed by atoms with Crippen molar-refractivity contribution in [2.45, 2.75) is 81.8 Å². The summed E-state index contributed by atoms with van der Waals surface area (Å²) < 4.78 is 28.1. The molecular weight excluding hydrogens is 638 g/mol. The first-order valence-corrected chi connectivity index (χ1v) is 17.9. The summed E-state index contributed by atoms with van der Waals surface area (Å²) in [6, 6.07) is 11.6. The number of hydrogen-bond donors (Lipinski definition) is 2. The fraction of sp³-hybridized carbons (Fsp3) is 0.528. The van der Waals surface area contributed by atoms with Crippen LogP contribution in [0.15, 0.2) is 58.4 Å². The number of halogens is 1. The van der Waals surface area contributed by atoms with Crippen molar-refractivity contribution in [1.29, 1.82) is 0 Å². The van der Waals surface area contributed by atoms with Gasteiger partial charge in [0, 0.05) is 29.4 Å². The minimum absolute atomic E-state index is 0.0411. The smallest absolute Gasteiger partial charge is 0.276 e. The van der Waals surface area contributed by atoms with E-state index in [1.165, 1.54) is 11.1 Å². The molecule has 1 unspecified atom stereocenters. The summed E-state index contributed by atoms with van der Waals surface area (Å²) in [5, 5.41) is 11.9. The zero-order valence-electron chi connectivity index (χ0n) is 27.7. The molecular formula is C36H46ClN3O6S. The van der Waals surface area contributed by atoms with E-state index in [9.17, 15) is 18.9 Å². The lowest BCUT2D eigenvalue weighted by Gasteiger charge is -2.45. The highest BCUT2D eigenvalue weighted by Crippen LogP contribution is 2.46. The number of aliphatic imine (C=N–C) groups is 1. The van der Waals surface area contributed by atoms with Crippen LogP contribution in [0.25, 0.3) is 0 Å². The molecule has 2 amide bonds. The quantitative estimate of drug-likeness (QED) is 0.235. The van der Waals surface area contributed by atoms with Gasteiger partial charge in [0.1, 0.15) is 11.4 Å². The van der Waals surface area contributed by atoms with Crippen LogP contribution in [0.2, 0.25) is 5.02 Å². The number of ether oxygens (including phenoxy) is 2. The van der Waals surface area contributed by atoms with E-state index in [4.69, 9.17) is 21.1 Å². The number of nitrogens with zero attached hydrogens (tertiary/aromatic N) is 2. The van der Waals surface area contributed by atoms with E-state index in [0.29, 0.717) is 30.3 Å². The topological polar surface area (TPSA) is 118 Å². The number of aryl methyl sites for hydroxylation is 1. The molecule has 0 bridgehead atoms. The van der Waals surface area contributed by atoms with Gasteiger partial charge in [-0.2, -0.15) is 0 Å². The molecule has 1 fully saturated rings. The largest absolute Gasteiger partial charge is 0.490 e. The maximum Gasteiger partial charge on any atom is 0.276 e. The van der Waals surface area contributed by atoms with Crippen LogP contribution in [-0.2, 0) is 37.1 Å². The van der Waals surface area contributed by atoms with E-state index >= 15 is 0 Å². The van der Waals surface area contributed by atoms with Crippen LogP contribution in [0.1, 0.15) is 64.5 Å². The third-order valence-corrected chi connectivity index (χ3v) is 11.1. The van der Waals surface area contributed by atoms with E-state index in [2.05, 4.69) is 33.5 Å². The number of carbonyl (C=O) groups is 2. The normalized spacial score (nSPS) is 23.7. The first-order chi connectivity index (χ1) is 22.3. The van der Waals surface area contributed by atoms with Crippen molar-refractivity contribution in [3.8, 4) is 5.75 Å². The molecule has 2 aromatic rings. The Labute approximate surface area is 285 Å². The van der Waals surface area contributed by atoms with Crippen LogP contribution in [0.5, 0.6) is 5.75 Å². The van der Waals surface area contributed by atoms with Gasteiger partial charge in [0.05, 0.1) is 29.9 Å². The van der Waals surface area contributed by atoms with Crippen molar-refractivity contribution >= 4 is 46.8 Å². The molecule has 2 aliphatic carbocycles. The van der Waals surface area contributed by atoms with Gasteiger partial charge in [0.15, 0.2) is 11.0 Å². The highest BCUT2D eigenvalue weighted by molar-refractivity contribution is 7.83. The number of hydrogen-bond acceptors (Lipinski definition) is 7. The highest BCUT2D eigenvalue weighted by Gasteiger charge is 2.44. The molecule has 1 saturated carbocycles. The fourth-order valence-corrected chi connectivity index (χ4v) is 8.02. The zero-order chi connectivity index (χ0) is 33.9. The molecule has 0 aromatic heterocycles. The second-order valence-electron chi connectivity index (χ2n) is 13.8. The SMILES string of the molecule is C=NC(=O)C(C)(C)OC/C=C/[C@H](O)[C@@H]1CC[C@H]1CN1C[C@@]2(CCCc3cc(Cl)ccc32)COc2ccc(S(=O)NC(=O)C(C)C)cc21. The van der Waals surface area contributed by atoms with E-state index in [0.717, 1.165) is 42.8 Å². The summed E-state index contributed by atoms with van der Waals surface area (Å²) in [5.41, 5.74) is 1.97. The zero-order valence-corrected chi connectivity index (χ0v) is 29.2. The number of fused-ring (bicyclic) bond motifs is 3. The Hall–Kier alpha value is -3.05. The molecule has 11 heteroatoms. The molecule has 9 nitrogen and oxygen atoms in total. The average Bonchev–Trinajstić information content (AvgIpc) is 3.17. The molecule has 2 aromatic carbocycles. The maximum absolute atomic E-state index is 13.2. The van der Waals surface area contributed by atoms with E-state index < -0.39 is 28.6 Å². The van der Waals surface area contributed by atoms with Crippen LogP contribution < -0.4 is 14.4 Å². The molecule has 0 saturated heterocycles. The molecule has 254 valence electrons. The van der Waals surface area contributed by atoms with Gasteiger partial charge < -0.3 is 19.5 Å². The van der Waals surface area contributed by atoms with Crippen LogP contribution in [0, 0.1) is 17.8 Å². The number of aliphatic hydroxyl groups excluding tert-OH is 1. The Morgan fingerprint density at radius 3 is 2.77 bits per heavy atom. The van der Waals surface area contributed by atoms with Crippen molar-refractivity contribution in [2.75, 3.05) is 31.2 Å². The van der Waals surface area contributed by atoms with Crippen LogP contribution in [-0.4, -0.2) is 65.9 Å². The lowest BCUT2D eigenvalue weighted by Crippen LogP contribution is -2.49. The number of benzene rings is 2. The highest BCUT2D eigenvalue weighted by atomic mass is 35.5. The predicted molar refractivity (Wildman–Crippen MR) is 186 cm³/mol. The standard InChI is InChI=1S/C36H46ClN3O6S/c1-23(2)33(42)39-47(44)27-12-15-32-30(19-27)40(21-36(22-45-32)16-6-8-24-18-26(37)11-14-29(24)36)20-25-10-13-28(25)31(41)9-7-17-46-35(3,4)34(43)38-5/h7,9,11-12,14-15,18-19,23,25,28,31,41H,5-6,8,10,13,16-17,20-22H2,1-4H3,(H,39,42)/b9-7+/t25-,28+,31-,36-,47?/m0/s1. The molecule has 3 aliphatic rings. The summed E-state index contributed by atoms with van der Waals surface area (Å²) in [6.07, 6.45) is 7.60. The molecule has 5 atom stereocenters. The third-order valence-electron chi connectivity index (χ3n) is 9.84. The minimum Gasteiger partial charge on any atom is -0.490 e. The minimum atomic E-state index is -1.72. The molecule has 1 aliphatic heterocycles. The van der Waals surface area contributed by atoms with Crippen LogP contribution in [0.4, 0.5) is 5.69 Å². The Morgan fingerprint density at radius 2 is 2.06 bits per heavy atom. The maximum atomic E-state index is 13.2. The Morgan fingerprint density at radius 1 is 1.28 bits per heavy atom. The summed E-state index contributed by atoms with van der Waals surface area (Å²) in [7, 11) is -1.72. The Balaban J connectivity index is 1.40. The van der Waals surface area contributed by atoms with Gasteiger partial charge in [-0.25, -0.2) is 9.20 Å². The molecule has 1 spiro atoms. The molecule has 2 N–H and O–H groups in total. The van der Waals surface area contributed by atoms with Gasteiger partial charge >= 0.3 is 0 Å². The molecule has 1 heterocycles. The van der Waals surface area contributed by atoms with Gasteiger partial charge in [-0.05, 0) is 106 Å². The molecule has 5 rings (SSSR count). The Kier molecular flexibility index (Phi) is 11.0. The second kappa shape index (κ2) is 14.6. The van der Waals surface area contributed by atoms with Gasteiger partial charge in [0.25, 0.3) is 5.91 Å². The molecule has 47 heavy (non-hydrogen) atoms. The second-order valence-corrected chi connectivity index (χ2v) is 15.5. The van der Waals surface area contributed by atoms with E-state index in [1.54, 1.807) is 45.9 Å². The first-order valence-electron chi connectivity index (χ1n) is 16.4. The van der Waals surface area contributed by atoms with Crippen molar-refractivity contribution < 1.29 is 28.4 Å². The average molecular weight is 684 g/mol. The summed E-state index contributed by atoms with van der Waals surface area (Å²) in [5.74, 6) is -0.0642. The number of rotatable bonds is 11. The fourth-order valence-electron chi connectivity index (χ4n) is 6.88. The molecule has 0 radical (unpaired) electrons. The van der Waals surface area contributed by atoms with Gasteiger partial charge in [-0.15, -0.1) is 0 Å². The van der Waals surface area contributed by atoms with Crippen molar-refractivity contribution in [3.63, 3.8) is 0 Å². The monoisotopic (exact) mass is 683 g/mol. The summed E-state index contributed by atoms with van der Waals surface area (Å²) >= 11 is 6.41. The third kappa shape index (κ3) is 7.82. The predicted octanol–water partition coefficient (Wildman–Crippen LogP) is 5.57. The number of amides is 2. The van der Waals surface area contributed by atoms with Crippen molar-refractivity contribution in [2.24, 2.45) is 22.7 Å². The van der Waals surface area contributed by atoms with Gasteiger partial charge in [-0.3, -0.25) is 14.3 Å². The number of nitrogens with one attached hydrogen (secondary N) is 1. The van der Waals surface area contributed by atoms with Gasteiger partial charge in [-0.1, -0.05) is 43.7 Å². The van der Waals surface area contributed by atoms with E-state index in [-0.39, 0.29) is 35.7 Å².